The zero-order valence-corrected chi connectivity index (χ0v) is 11.4. The molecule has 0 aliphatic heterocycles. The third-order valence-electron chi connectivity index (χ3n) is 1.96. The summed E-state index contributed by atoms with van der Waals surface area (Å²) in [5.74, 6) is 0.665. The van der Waals surface area contributed by atoms with Crippen LogP contribution in [0.3, 0.4) is 0 Å². The molecule has 0 aromatic heterocycles. The largest absolute Gasteiger partial charge is 0.490 e. The SMILES string of the molecule is Cc1cc(Cl)c(OCCNCCO)c(Br)c1. The Bertz CT molecular complexity index is 324. The van der Waals surface area contributed by atoms with Crippen LogP contribution < -0.4 is 10.1 Å². The molecule has 90 valence electrons. The van der Waals surface area contributed by atoms with Crippen LogP contribution in [0, 0.1) is 6.92 Å². The standard InChI is InChI=1S/C11H15BrClNO2/c1-8-6-9(12)11(10(13)7-8)16-5-3-14-2-4-15/h6-7,14-15H,2-5H2,1H3. The summed E-state index contributed by atoms with van der Waals surface area (Å²) >= 11 is 9.47. The lowest BCUT2D eigenvalue weighted by Gasteiger charge is -2.11. The second kappa shape index (κ2) is 7.12. The van der Waals surface area contributed by atoms with Gasteiger partial charge < -0.3 is 15.2 Å². The van der Waals surface area contributed by atoms with Crippen LogP contribution in [0.2, 0.25) is 5.02 Å². The third-order valence-corrected chi connectivity index (χ3v) is 2.83. The highest BCUT2D eigenvalue weighted by Gasteiger charge is 2.07. The quantitative estimate of drug-likeness (QED) is 0.793. The Morgan fingerprint density at radius 3 is 2.81 bits per heavy atom. The van der Waals surface area contributed by atoms with Crippen LogP contribution in [0.25, 0.3) is 0 Å². The van der Waals surface area contributed by atoms with Gasteiger partial charge in [-0.05, 0) is 40.5 Å². The van der Waals surface area contributed by atoms with Crippen LogP contribution in [-0.2, 0) is 0 Å². The molecule has 0 aliphatic rings. The lowest BCUT2D eigenvalue weighted by Crippen LogP contribution is -2.24. The molecule has 0 bridgehead atoms. The maximum atomic E-state index is 8.57. The molecule has 16 heavy (non-hydrogen) atoms. The van der Waals surface area contributed by atoms with E-state index >= 15 is 0 Å². The maximum absolute atomic E-state index is 8.57. The van der Waals surface area contributed by atoms with Crippen molar-refractivity contribution in [1.82, 2.24) is 5.32 Å². The highest BCUT2D eigenvalue weighted by atomic mass is 79.9. The first-order chi connectivity index (χ1) is 7.65. The molecule has 1 aromatic rings. The molecular formula is C11H15BrClNO2. The number of ether oxygens (including phenoxy) is 1. The smallest absolute Gasteiger partial charge is 0.152 e. The minimum absolute atomic E-state index is 0.134. The van der Waals surface area contributed by atoms with Crippen LogP contribution in [-0.4, -0.2) is 31.4 Å². The number of rotatable bonds is 6. The molecule has 0 heterocycles. The van der Waals surface area contributed by atoms with Gasteiger partial charge in [-0.15, -0.1) is 0 Å². The van der Waals surface area contributed by atoms with E-state index in [0.29, 0.717) is 30.5 Å². The lowest BCUT2D eigenvalue weighted by atomic mass is 10.2. The summed E-state index contributed by atoms with van der Waals surface area (Å²) in [5.41, 5.74) is 1.09. The van der Waals surface area contributed by atoms with Crippen molar-refractivity contribution in [3.05, 3.63) is 27.2 Å². The second-order valence-corrected chi connectivity index (χ2v) is 4.64. The molecule has 0 spiro atoms. The molecule has 1 aromatic carbocycles. The molecule has 0 radical (unpaired) electrons. The van der Waals surface area contributed by atoms with Crippen molar-refractivity contribution < 1.29 is 9.84 Å². The van der Waals surface area contributed by atoms with E-state index < -0.39 is 0 Å². The highest BCUT2D eigenvalue weighted by molar-refractivity contribution is 9.10. The van der Waals surface area contributed by atoms with Crippen molar-refractivity contribution in [2.24, 2.45) is 0 Å². The summed E-state index contributed by atoms with van der Waals surface area (Å²) < 4.78 is 6.41. The summed E-state index contributed by atoms with van der Waals surface area (Å²) in [7, 11) is 0. The number of hydrogen-bond acceptors (Lipinski definition) is 3. The van der Waals surface area contributed by atoms with Gasteiger partial charge in [-0.1, -0.05) is 11.6 Å². The van der Waals surface area contributed by atoms with Gasteiger partial charge in [0.25, 0.3) is 0 Å². The van der Waals surface area contributed by atoms with Gasteiger partial charge in [-0.25, -0.2) is 0 Å². The van der Waals surface area contributed by atoms with Gasteiger partial charge in [0.05, 0.1) is 16.1 Å². The molecule has 2 N–H and O–H groups in total. The van der Waals surface area contributed by atoms with Crippen LogP contribution >= 0.6 is 27.5 Å². The van der Waals surface area contributed by atoms with E-state index in [0.717, 1.165) is 10.0 Å². The van der Waals surface area contributed by atoms with Gasteiger partial charge in [0.1, 0.15) is 6.61 Å². The van der Waals surface area contributed by atoms with Crippen molar-refractivity contribution in [2.75, 3.05) is 26.3 Å². The van der Waals surface area contributed by atoms with Crippen molar-refractivity contribution in [3.63, 3.8) is 0 Å². The Kier molecular flexibility index (Phi) is 6.13. The first kappa shape index (κ1) is 13.8. The predicted octanol–water partition coefficient (Wildman–Crippen LogP) is 2.37. The predicted molar refractivity (Wildman–Crippen MR) is 69.3 cm³/mol. The molecule has 0 aliphatic carbocycles. The van der Waals surface area contributed by atoms with Crippen molar-refractivity contribution in [1.29, 1.82) is 0 Å². The minimum atomic E-state index is 0.134. The number of benzene rings is 1. The summed E-state index contributed by atoms with van der Waals surface area (Å²) in [6.45, 7) is 3.88. The molecule has 5 heteroatoms. The summed E-state index contributed by atoms with van der Waals surface area (Å²) in [6.07, 6.45) is 0. The van der Waals surface area contributed by atoms with Crippen LogP contribution in [0.5, 0.6) is 5.75 Å². The monoisotopic (exact) mass is 307 g/mol. The zero-order valence-electron chi connectivity index (χ0n) is 9.09. The van der Waals surface area contributed by atoms with Crippen molar-refractivity contribution >= 4 is 27.5 Å². The topological polar surface area (TPSA) is 41.5 Å². The van der Waals surface area contributed by atoms with E-state index in [4.69, 9.17) is 21.4 Å². The van der Waals surface area contributed by atoms with Crippen molar-refractivity contribution in [3.8, 4) is 5.75 Å². The zero-order chi connectivity index (χ0) is 12.0. The fourth-order valence-corrected chi connectivity index (χ4v) is 2.39. The van der Waals surface area contributed by atoms with Gasteiger partial charge in [0.2, 0.25) is 0 Å². The molecule has 3 nitrogen and oxygen atoms in total. The molecular weight excluding hydrogens is 293 g/mol. The van der Waals surface area contributed by atoms with Gasteiger partial charge in [0.15, 0.2) is 5.75 Å². The number of halogens is 2. The Morgan fingerprint density at radius 1 is 1.44 bits per heavy atom. The Morgan fingerprint density at radius 2 is 2.19 bits per heavy atom. The van der Waals surface area contributed by atoms with Crippen LogP contribution in [0.15, 0.2) is 16.6 Å². The summed E-state index contributed by atoms with van der Waals surface area (Å²) in [4.78, 5) is 0. The van der Waals surface area contributed by atoms with Gasteiger partial charge in [-0.2, -0.15) is 0 Å². The Hall–Kier alpha value is -0.290. The van der Waals surface area contributed by atoms with Crippen molar-refractivity contribution in [2.45, 2.75) is 6.92 Å². The molecule has 0 atom stereocenters. The number of hydrogen-bond donors (Lipinski definition) is 2. The first-order valence-electron chi connectivity index (χ1n) is 5.05. The molecule has 0 saturated heterocycles. The number of aryl methyl sites for hydroxylation is 1. The fourth-order valence-electron chi connectivity index (χ4n) is 1.25. The third kappa shape index (κ3) is 4.29. The van der Waals surface area contributed by atoms with E-state index in [1.807, 2.05) is 19.1 Å². The van der Waals surface area contributed by atoms with Gasteiger partial charge >= 0.3 is 0 Å². The molecule has 0 amide bonds. The van der Waals surface area contributed by atoms with E-state index in [1.165, 1.54) is 0 Å². The van der Waals surface area contributed by atoms with Gasteiger partial charge in [-0.3, -0.25) is 0 Å². The van der Waals surface area contributed by atoms with Crippen LogP contribution in [0.1, 0.15) is 5.56 Å². The van der Waals surface area contributed by atoms with E-state index in [9.17, 15) is 0 Å². The fraction of sp³-hybridized carbons (Fsp3) is 0.455. The van der Waals surface area contributed by atoms with Gasteiger partial charge in [0, 0.05) is 13.1 Å². The number of aliphatic hydroxyl groups excluding tert-OH is 1. The van der Waals surface area contributed by atoms with Crippen LogP contribution in [0.4, 0.5) is 0 Å². The lowest BCUT2D eigenvalue weighted by molar-refractivity contribution is 0.275. The summed E-state index contributed by atoms with van der Waals surface area (Å²) in [5, 5.41) is 12.2. The van der Waals surface area contributed by atoms with E-state index in [-0.39, 0.29) is 6.61 Å². The number of aliphatic hydroxyl groups is 1. The Balaban J connectivity index is 2.47. The maximum Gasteiger partial charge on any atom is 0.152 e. The highest BCUT2D eigenvalue weighted by Crippen LogP contribution is 2.34. The Labute approximate surface area is 109 Å². The first-order valence-corrected chi connectivity index (χ1v) is 6.22. The second-order valence-electron chi connectivity index (χ2n) is 3.38. The molecule has 1 rings (SSSR count). The molecule has 0 unspecified atom stereocenters. The van der Waals surface area contributed by atoms with E-state index in [1.54, 1.807) is 0 Å². The normalized spacial score (nSPS) is 10.5. The average Bonchev–Trinajstić information content (AvgIpc) is 2.20. The van der Waals surface area contributed by atoms with E-state index in [2.05, 4.69) is 21.2 Å². The molecule has 0 saturated carbocycles. The number of nitrogens with one attached hydrogen (secondary N) is 1. The average molecular weight is 309 g/mol. The minimum Gasteiger partial charge on any atom is -0.490 e. The molecule has 0 fully saturated rings. The summed E-state index contributed by atoms with van der Waals surface area (Å²) in [6, 6.07) is 3.82.